The predicted molar refractivity (Wildman–Crippen MR) is 78.4 cm³/mol. The molecule has 2 rings (SSSR count). The molecule has 0 N–H and O–H groups in total. The Bertz CT molecular complexity index is 517. The molecule has 0 aliphatic rings. The molecule has 2 aromatic rings. The number of halogens is 1. The average molecular weight is 303 g/mol. The number of hydrogen-bond acceptors (Lipinski definition) is 1. The second-order valence-corrected chi connectivity index (χ2v) is 5.49. The van der Waals surface area contributed by atoms with E-state index in [-0.39, 0.29) is 10.6 Å². The summed E-state index contributed by atoms with van der Waals surface area (Å²) in [6, 6.07) is 17.7. The summed E-state index contributed by atoms with van der Waals surface area (Å²) in [5, 5.41) is 0. The second kappa shape index (κ2) is 5.96. The monoisotopic (exact) mass is 302 g/mol. The molecule has 2 aromatic carbocycles. The predicted octanol–water partition coefficient (Wildman–Crippen LogP) is 4.18. The molecule has 0 spiro atoms. The number of alkyl halides is 1. The standard InChI is InChI=1S/C16H15BrO/c1-12-7-9-14(10-8-12)16(18)15(17)11-13-5-3-2-4-6-13/h2-10,15H,11H2,1H3. The van der Waals surface area contributed by atoms with Crippen LogP contribution in [0.25, 0.3) is 0 Å². The molecule has 1 unspecified atom stereocenters. The van der Waals surface area contributed by atoms with E-state index in [9.17, 15) is 4.79 Å². The molecule has 0 saturated carbocycles. The number of ketones is 1. The lowest BCUT2D eigenvalue weighted by Crippen LogP contribution is -2.16. The van der Waals surface area contributed by atoms with Crippen molar-refractivity contribution < 1.29 is 4.79 Å². The van der Waals surface area contributed by atoms with Crippen molar-refractivity contribution in [3.05, 3.63) is 71.3 Å². The SMILES string of the molecule is Cc1ccc(C(=O)C(Br)Cc2ccccc2)cc1. The molecule has 0 heterocycles. The van der Waals surface area contributed by atoms with E-state index in [1.807, 2.05) is 61.5 Å². The minimum absolute atomic E-state index is 0.138. The number of Topliss-reactive ketones (excluding diaryl/α,β-unsaturated/α-hetero) is 1. The molecule has 0 aliphatic heterocycles. The van der Waals surface area contributed by atoms with Crippen molar-refractivity contribution in [2.75, 3.05) is 0 Å². The van der Waals surface area contributed by atoms with Crippen LogP contribution in [0.2, 0.25) is 0 Å². The minimum atomic E-state index is -0.164. The van der Waals surface area contributed by atoms with E-state index in [2.05, 4.69) is 15.9 Å². The first kappa shape index (κ1) is 13.0. The number of hydrogen-bond donors (Lipinski definition) is 0. The van der Waals surface area contributed by atoms with Crippen LogP contribution < -0.4 is 0 Å². The van der Waals surface area contributed by atoms with Crippen LogP contribution in [0.5, 0.6) is 0 Å². The molecular formula is C16H15BrO. The summed E-state index contributed by atoms with van der Waals surface area (Å²) in [5.74, 6) is 0.138. The van der Waals surface area contributed by atoms with Crippen LogP contribution in [0.4, 0.5) is 0 Å². The van der Waals surface area contributed by atoms with Crippen molar-refractivity contribution in [2.24, 2.45) is 0 Å². The maximum atomic E-state index is 12.2. The Labute approximate surface area is 116 Å². The maximum Gasteiger partial charge on any atom is 0.176 e. The summed E-state index contributed by atoms with van der Waals surface area (Å²) in [4.78, 5) is 12.0. The molecule has 1 atom stereocenters. The van der Waals surface area contributed by atoms with Gasteiger partial charge in [-0.15, -0.1) is 0 Å². The fourth-order valence-electron chi connectivity index (χ4n) is 1.81. The lowest BCUT2D eigenvalue weighted by molar-refractivity contribution is 0.0991. The smallest absolute Gasteiger partial charge is 0.176 e. The molecule has 0 fully saturated rings. The highest BCUT2D eigenvalue weighted by molar-refractivity contribution is 9.10. The van der Waals surface area contributed by atoms with Gasteiger partial charge in [-0.25, -0.2) is 0 Å². The van der Waals surface area contributed by atoms with E-state index in [0.29, 0.717) is 6.42 Å². The largest absolute Gasteiger partial charge is 0.293 e. The Morgan fingerprint density at radius 2 is 1.67 bits per heavy atom. The van der Waals surface area contributed by atoms with Gasteiger partial charge in [-0.05, 0) is 18.9 Å². The molecule has 0 radical (unpaired) electrons. The van der Waals surface area contributed by atoms with Crippen molar-refractivity contribution in [1.82, 2.24) is 0 Å². The van der Waals surface area contributed by atoms with Gasteiger partial charge in [0.25, 0.3) is 0 Å². The van der Waals surface area contributed by atoms with E-state index in [1.54, 1.807) is 0 Å². The van der Waals surface area contributed by atoms with Gasteiger partial charge in [-0.3, -0.25) is 4.79 Å². The molecule has 92 valence electrons. The van der Waals surface area contributed by atoms with Gasteiger partial charge >= 0.3 is 0 Å². The summed E-state index contributed by atoms with van der Waals surface area (Å²) in [7, 11) is 0. The first-order valence-electron chi connectivity index (χ1n) is 5.95. The Balaban J connectivity index is 2.07. The number of carbonyl (C=O) groups excluding carboxylic acids is 1. The van der Waals surface area contributed by atoms with Crippen molar-refractivity contribution in [3.8, 4) is 0 Å². The number of rotatable bonds is 4. The molecule has 0 bridgehead atoms. The Hall–Kier alpha value is -1.41. The number of aryl methyl sites for hydroxylation is 1. The third-order valence-corrected chi connectivity index (χ3v) is 3.62. The third kappa shape index (κ3) is 3.30. The van der Waals surface area contributed by atoms with Gasteiger partial charge in [0.05, 0.1) is 4.83 Å². The first-order chi connectivity index (χ1) is 8.66. The first-order valence-corrected chi connectivity index (χ1v) is 6.87. The lowest BCUT2D eigenvalue weighted by atomic mass is 10.0. The van der Waals surface area contributed by atoms with Crippen molar-refractivity contribution in [2.45, 2.75) is 18.2 Å². The Morgan fingerprint density at radius 3 is 2.28 bits per heavy atom. The van der Waals surface area contributed by atoms with Crippen LogP contribution >= 0.6 is 15.9 Å². The average Bonchev–Trinajstić information content (AvgIpc) is 2.40. The van der Waals surface area contributed by atoms with Gasteiger partial charge in [0.15, 0.2) is 5.78 Å². The van der Waals surface area contributed by atoms with Gasteiger partial charge in [0, 0.05) is 5.56 Å². The van der Waals surface area contributed by atoms with Crippen LogP contribution in [0.3, 0.4) is 0 Å². The molecule has 2 heteroatoms. The summed E-state index contributed by atoms with van der Waals surface area (Å²) < 4.78 is 0. The van der Waals surface area contributed by atoms with Crippen molar-refractivity contribution in [1.29, 1.82) is 0 Å². The van der Waals surface area contributed by atoms with E-state index < -0.39 is 0 Å². The van der Waals surface area contributed by atoms with Gasteiger partial charge in [-0.2, -0.15) is 0 Å². The van der Waals surface area contributed by atoms with Crippen LogP contribution in [-0.4, -0.2) is 10.6 Å². The van der Waals surface area contributed by atoms with Crippen molar-refractivity contribution in [3.63, 3.8) is 0 Å². The molecule has 0 saturated heterocycles. The van der Waals surface area contributed by atoms with E-state index in [1.165, 1.54) is 11.1 Å². The van der Waals surface area contributed by atoms with Crippen LogP contribution in [0.1, 0.15) is 21.5 Å². The van der Waals surface area contributed by atoms with Gasteiger partial charge in [0.2, 0.25) is 0 Å². The molecule has 0 amide bonds. The van der Waals surface area contributed by atoms with Crippen LogP contribution in [-0.2, 0) is 6.42 Å². The molecule has 0 aromatic heterocycles. The molecule has 18 heavy (non-hydrogen) atoms. The van der Waals surface area contributed by atoms with Crippen LogP contribution in [0, 0.1) is 6.92 Å². The number of carbonyl (C=O) groups is 1. The minimum Gasteiger partial charge on any atom is -0.293 e. The van der Waals surface area contributed by atoms with Gasteiger partial charge < -0.3 is 0 Å². The lowest BCUT2D eigenvalue weighted by Gasteiger charge is -2.09. The van der Waals surface area contributed by atoms with Crippen LogP contribution in [0.15, 0.2) is 54.6 Å². The molecule has 1 nitrogen and oxygen atoms in total. The van der Waals surface area contributed by atoms with Gasteiger partial charge in [0.1, 0.15) is 0 Å². The third-order valence-electron chi connectivity index (χ3n) is 2.88. The summed E-state index contributed by atoms with van der Waals surface area (Å²) in [6.45, 7) is 2.02. The highest BCUT2D eigenvalue weighted by atomic mass is 79.9. The Kier molecular flexibility index (Phi) is 4.32. The molecular weight excluding hydrogens is 288 g/mol. The normalized spacial score (nSPS) is 12.1. The fraction of sp³-hybridized carbons (Fsp3) is 0.188. The highest BCUT2D eigenvalue weighted by Gasteiger charge is 2.16. The topological polar surface area (TPSA) is 17.1 Å². The zero-order chi connectivity index (χ0) is 13.0. The van der Waals surface area contributed by atoms with E-state index in [4.69, 9.17) is 0 Å². The second-order valence-electron chi connectivity index (χ2n) is 4.39. The summed E-state index contributed by atoms with van der Waals surface area (Å²) >= 11 is 3.49. The summed E-state index contributed by atoms with van der Waals surface area (Å²) in [5.41, 5.74) is 3.10. The maximum absolute atomic E-state index is 12.2. The quantitative estimate of drug-likeness (QED) is 0.611. The summed E-state index contributed by atoms with van der Waals surface area (Å²) in [6.07, 6.45) is 0.716. The zero-order valence-corrected chi connectivity index (χ0v) is 11.9. The van der Waals surface area contributed by atoms with E-state index in [0.717, 1.165) is 5.56 Å². The number of benzene rings is 2. The van der Waals surface area contributed by atoms with Gasteiger partial charge in [-0.1, -0.05) is 76.1 Å². The molecule has 0 aliphatic carbocycles. The highest BCUT2D eigenvalue weighted by Crippen LogP contribution is 2.16. The van der Waals surface area contributed by atoms with E-state index >= 15 is 0 Å². The zero-order valence-electron chi connectivity index (χ0n) is 10.3. The fourth-order valence-corrected chi connectivity index (χ4v) is 2.45. The Morgan fingerprint density at radius 1 is 1.06 bits per heavy atom. The van der Waals surface area contributed by atoms with Crippen molar-refractivity contribution >= 4 is 21.7 Å².